The van der Waals surface area contributed by atoms with Crippen LogP contribution in [0.4, 0.5) is 10.1 Å². The van der Waals surface area contributed by atoms with E-state index in [1.807, 2.05) is 6.07 Å². The molecule has 0 unspecified atom stereocenters. The highest BCUT2D eigenvalue weighted by Crippen LogP contribution is 2.38. The van der Waals surface area contributed by atoms with Crippen molar-refractivity contribution in [2.24, 2.45) is 0 Å². The molecule has 4 rings (SSSR count). The molecular weight excluding hydrogens is 435 g/mol. The van der Waals surface area contributed by atoms with Crippen molar-refractivity contribution in [1.82, 2.24) is 5.43 Å². The lowest BCUT2D eigenvalue weighted by Crippen LogP contribution is -2.35. The van der Waals surface area contributed by atoms with Gasteiger partial charge in [0.05, 0.1) is 17.8 Å². The molecule has 1 fully saturated rings. The predicted octanol–water partition coefficient (Wildman–Crippen LogP) is 4.53. The first kappa shape index (κ1) is 21.4. The molecule has 0 radical (unpaired) electrons. The van der Waals surface area contributed by atoms with Crippen LogP contribution in [0.2, 0.25) is 5.02 Å². The van der Waals surface area contributed by atoms with Crippen LogP contribution in [-0.2, 0) is 16.2 Å². The van der Waals surface area contributed by atoms with E-state index < -0.39 is 17.6 Å². The fourth-order valence-corrected chi connectivity index (χ4v) is 3.49. The number of rotatable bonds is 6. The minimum absolute atomic E-state index is 0.0455. The number of benzene rings is 3. The molecule has 1 saturated heterocycles. The minimum atomic E-state index is -0.533. The molecule has 32 heavy (non-hydrogen) atoms. The van der Waals surface area contributed by atoms with Crippen LogP contribution in [0, 0.1) is 5.82 Å². The lowest BCUT2D eigenvalue weighted by molar-refractivity contribution is -0.117. The molecule has 0 bridgehead atoms. The molecule has 0 aromatic heterocycles. The Morgan fingerprint density at radius 2 is 1.78 bits per heavy atom. The largest absolute Gasteiger partial charge is 0.493 e. The fourth-order valence-electron chi connectivity index (χ4n) is 3.21. The molecule has 3 aromatic carbocycles. The summed E-state index contributed by atoms with van der Waals surface area (Å²) in [7, 11) is 1.43. The maximum Gasteiger partial charge on any atom is 0.282 e. The van der Waals surface area contributed by atoms with Gasteiger partial charge >= 0.3 is 0 Å². The third-order valence-corrected chi connectivity index (χ3v) is 5.08. The van der Waals surface area contributed by atoms with Crippen LogP contribution in [0.5, 0.6) is 11.5 Å². The van der Waals surface area contributed by atoms with Gasteiger partial charge in [-0.15, -0.1) is 0 Å². The smallest absolute Gasteiger partial charge is 0.282 e. The molecule has 162 valence electrons. The van der Waals surface area contributed by atoms with E-state index in [4.69, 9.17) is 21.1 Å². The van der Waals surface area contributed by atoms with E-state index in [1.165, 1.54) is 24.3 Å². The lowest BCUT2D eigenvalue weighted by atomic mass is 10.1. The second-order valence-electron chi connectivity index (χ2n) is 6.89. The molecule has 3 aromatic rings. The highest BCUT2D eigenvalue weighted by atomic mass is 35.5. The van der Waals surface area contributed by atoms with Gasteiger partial charge in [0.1, 0.15) is 18.0 Å². The topological polar surface area (TPSA) is 67.9 Å². The number of methoxy groups -OCH3 is 1. The van der Waals surface area contributed by atoms with Gasteiger partial charge < -0.3 is 9.47 Å². The second kappa shape index (κ2) is 9.11. The second-order valence-corrected chi connectivity index (χ2v) is 7.30. The molecule has 1 N–H and O–H groups in total. The first-order valence-electron chi connectivity index (χ1n) is 9.64. The van der Waals surface area contributed by atoms with Crippen LogP contribution in [0.1, 0.15) is 11.1 Å². The Balaban J connectivity index is 1.60. The Bertz CT molecular complexity index is 1210. The molecule has 8 heteroatoms. The fraction of sp³-hybridized carbons (Fsp3) is 0.0833. The SMILES string of the molecule is COc1cc(C=C2C(=O)NN(c3ccccc3)C2=O)cc(Cl)c1OCc1ccccc1F. The summed E-state index contributed by atoms with van der Waals surface area (Å²) in [5.41, 5.74) is 3.87. The van der Waals surface area contributed by atoms with Crippen LogP contribution < -0.4 is 19.9 Å². The van der Waals surface area contributed by atoms with Crippen molar-refractivity contribution < 1.29 is 23.5 Å². The zero-order valence-corrected chi connectivity index (χ0v) is 17.7. The molecule has 1 aliphatic rings. The van der Waals surface area contributed by atoms with Crippen LogP contribution in [0.15, 0.2) is 72.3 Å². The zero-order chi connectivity index (χ0) is 22.7. The van der Waals surface area contributed by atoms with Crippen molar-refractivity contribution in [1.29, 1.82) is 0 Å². The van der Waals surface area contributed by atoms with Crippen molar-refractivity contribution in [3.63, 3.8) is 0 Å². The number of nitrogens with one attached hydrogen (secondary N) is 1. The van der Waals surface area contributed by atoms with Gasteiger partial charge in [0.2, 0.25) is 0 Å². The van der Waals surface area contributed by atoms with Gasteiger partial charge in [-0.25, -0.2) is 9.40 Å². The van der Waals surface area contributed by atoms with Crippen molar-refractivity contribution in [2.45, 2.75) is 6.61 Å². The Morgan fingerprint density at radius 1 is 1.06 bits per heavy atom. The van der Waals surface area contributed by atoms with Crippen molar-refractivity contribution >= 4 is 35.2 Å². The van der Waals surface area contributed by atoms with Gasteiger partial charge in [-0.2, -0.15) is 0 Å². The normalized spacial score (nSPS) is 14.6. The number of hydrogen-bond donors (Lipinski definition) is 1. The first-order valence-corrected chi connectivity index (χ1v) is 10.0. The Labute approximate surface area is 188 Å². The summed E-state index contributed by atoms with van der Waals surface area (Å²) >= 11 is 6.38. The molecule has 1 heterocycles. The van der Waals surface area contributed by atoms with E-state index in [-0.39, 0.29) is 28.7 Å². The van der Waals surface area contributed by atoms with Crippen LogP contribution in [0.3, 0.4) is 0 Å². The number of halogens is 2. The molecule has 1 aliphatic heterocycles. The van der Waals surface area contributed by atoms with Crippen molar-refractivity contribution in [3.8, 4) is 11.5 Å². The first-order chi connectivity index (χ1) is 15.5. The highest BCUT2D eigenvalue weighted by Gasteiger charge is 2.34. The summed E-state index contributed by atoms with van der Waals surface area (Å²) in [4.78, 5) is 25.2. The third-order valence-electron chi connectivity index (χ3n) is 4.80. The molecule has 2 amide bonds. The van der Waals surface area contributed by atoms with E-state index in [9.17, 15) is 14.0 Å². The number of para-hydroxylation sites is 1. The molecule has 0 saturated carbocycles. The summed E-state index contributed by atoms with van der Waals surface area (Å²) < 4.78 is 24.9. The summed E-state index contributed by atoms with van der Waals surface area (Å²) in [5, 5.41) is 1.37. The predicted molar refractivity (Wildman–Crippen MR) is 119 cm³/mol. The van der Waals surface area contributed by atoms with E-state index in [2.05, 4.69) is 5.43 Å². The van der Waals surface area contributed by atoms with E-state index >= 15 is 0 Å². The number of nitrogens with zero attached hydrogens (tertiary/aromatic N) is 1. The molecule has 0 aliphatic carbocycles. The maximum atomic E-state index is 13.9. The summed E-state index contributed by atoms with van der Waals surface area (Å²) in [6.07, 6.45) is 1.43. The number of carbonyl (C=O) groups is 2. The molecule has 0 spiro atoms. The van der Waals surface area contributed by atoms with E-state index in [0.717, 1.165) is 0 Å². The third kappa shape index (κ3) is 4.29. The zero-order valence-electron chi connectivity index (χ0n) is 17.0. The van der Waals surface area contributed by atoms with Crippen LogP contribution in [-0.4, -0.2) is 18.9 Å². The van der Waals surface area contributed by atoms with Crippen LogP contribution in [0.25, 0.3) is 6.08 Å². The van der Waals surface area contributed by atoms with Gasteiger partial charge in [-0.1, -0.05) is 48.0 Å². The average molecular weight is 453 g/mol. The Kier molecular flexibility index (Phi) is 6.09. The lowest BCUT2D eigenvalue weighted by Gasteiger charge is -2.14. The number of amides is 2. The summed E-state index contributed by atoms with van der Waals surface area (Å²) in [5.74, 6) is -0.901. The monoisotopic (exact) mass is 452 g/mol. The number of hydrazine groups is 1. The number of ether oxygens (including phenoxy) is 2. The summed E-state index contributed by atoms with van der Waals surface area (Å²) in [6, 6.07) is 18.1. The molecular formula is C24H18ClFN2O4. The Morgan fingerprint density at radius 3 is 2.50 bits per heavy atom. The number of hydrogen-bond acceptors (Lipinski definition) is 4. The van der Waals surface area contributed by atoms with Crippen molar-refractivity contribution in [2.75, 3.05) is 12.1 Å². The highest BCUT2D eigenvalue weighted by molar-refractivity contribution is 6.33. The number of carbonyl (C=O) groups excluding carboxylic acids is 2. The quantitative estimate of drug-likeness (QED) is 0.441. The average Bonchev–Trinajstić information content (AvgIpc) is 3.08. The standard InChI is InChI=1S/C24H18ClFN2O4/c1-31-21-13-15(12-19(25)22(21)32-14-16-7-5-6-10-20(16)26)11-18-23(29)27-28(24(18)30)17-8-3-2-4-9-17/h2-13H,14H2,1H3,(H,27,29). The molecule has 6 nitrogen and oxygen atoms in total. The van der Waals surface area contributed by atoms with Gasteiger partial charge in [-0.05, 0) is 42.0 Å². The van der Waals surface area contributed by atoms with Gasteiger partial charge in [-0.3, -0.25) is 15.0 Å². The van der Waals surface area contributed by atoms with Crippen molar-refractivity contribution in [3.05, 3.63) is 94.3 Å². The van der Waals surface area contributed by atoms with Gasteiger partial charge in [0.15, 0.2) is 11.5 Å². The minimum Gasteiger partial charge on any atom is -0.493 e. The van der Waals surface area contributed by atoms with Gasteiger partial charge in [0.25, 0.3) is 11.8 Å². The van der Waals surface area contributed by atoms with E-state index in [1.54, 1.807) is 54.6 Å². The van der Waals surface area contributed by atoms with Gasteiger partial charge in [0, 0.05) is 5.56 Å². The van der Waals surface area contributed by atoms with Crippen LogP contribution >= 0.6 is 11.6 Å². The van der Waals surface area contributed by atoms with E-state index in [0.29, 0.717) is 16.8 Å². The Hall–Kier alpha value is -3.84. The maximum absolute atomic E-state index is 13.9. The number of anilines is 1. The molecule has 0 atom stereocenters. The summed E-state index contributed by atoms with van der Waals surface area (Å²) in [6.45, 7) is -0.0455.